The van der Waals surface area contributed by atoms with E-state index in [9.17, 15) is 0 Å². The predicted octanol–water partition coefficient (Wildman–Crippen LogP) is 4.54. The largest absolute Gasteiger partial charge is 0.374 e. The van der Waals surface area contributed by atoms with Gasteiger partial charge < -0.3 is 9.47 Å². The molecule has 2 heteroatoms. The van der Waals surface area contributed by atoms with Crippen molar-refractivity contribution < 1.29 is 9.47 Å². The highest BCUT2D eigenvalue weighted by Gasteiger charge is 2.27. The molecule has 0 N–H and O–H groups in total. The molecule has 0 saturated carbocycles. The Morgan fingerprint density at radius 3 is 1.65 bits per heavy atom. The molecule has 2 aromatic carbocycles. The number of hydrogen-bond donors (Lipinski definition) is 0. The fourth-order valence-corrected chi connectivity index (χ4v) is 3.48. The highest BCUT2D eigenvalue weighted by atomic mass is 16.5. The Balaban J connectivity index is 1.85. The van der Waals surface area contributed by atoms with Crippen molar-refractivity contribution >= 4 is 10.8 Å². The van der Waals surface area contributed by atoms with Gasteiger partial charge in [-0.2, -0.15) is 0 Å². The average Bonchev–Trinajstić information content (AvgIpc) is 3.19. The van der Waals surface area contributed by atoms with E-state index in [1.54, 1.807) is 0 Å². The number of rotatable bonds is 2. The van der Waals surface area contributed by atoms with E-state index >= 15 is 0 Å². The van der Waals surface area contributed by atoms with Crippen LogP contribution in [-0.4, -0.2) is 13.2 Å². The first kappa shape index (κ1) is 12.4. The zero-order valence-electron chi connectivity index (χ0n) is 11.7. The van der Waals surface area contributed by atoms with Gasteiger partial charge in [-0.25, -0.2) is 0 Å². The first-order valence-corrected chi connectivity index (χ1v) is 7.67. The summed E-state index contributed by atoms with van der Waals surface area (Å²) in [6.45, 7) is 1.78. The van der Waals surface area contributed by atoms with Crippen LogP contribution in [0, 0.1) is 0 Å². The third-order valence-electron chi connectivity index (χ3n) is 4.50. The molecule has 20 heavy (non-hydrogen) atoms. The SMILES string of the molecule is c1ccc2cc(C3CCCO3)c(C3CCCO3)cc2c1. The monoisotopic (exact) mass is 268 g/mol. The second-order valence-corrected chi connectivity index (χ2v) is 5.83. The van der Waals surface area contributed by atoms with Crippen molar-refractivity contribution in [3.05, 3.63) is 47.5 Å². The number of ether oxygens (including phenoxy) is 2. The van der Waals surface area contributed by atoms with Gasteiger partial charge in [0, 0.05) is 13.2 Å². The van der Waals surface area contributed by atoms with Gasteiger partial charge in [0.25, 0.3) is 0 Å². The van der Waals surface area contributed by atoms with Crippen molar-refractivity contribution in [2.75, 3.05) is 13.2 Å². The maximum absolute atomic E-state index is 5.93. The summed E-state index contributed by atoms with van der Waals surface area (Å²) < 4.78 is 11.9. The van der Waals surface area contributed by atoms with Gasteiger partial charge in [0.15, 0.2) is 0 Å². The molecule has 0 amide bonds. The fourth-order valence-electron chi connectivity index (χ4n) is 3.48. The topological polar surface area (TPSA) is 18.5 Å². The van der Waals surface area contributed by atoms with Gasteiger partial charge >= 0.3 is 0 Å². The van der Waals surface area contributed by atoms with Gasteiger partial charge in [-0.05, 0) is 59.7 Å². The van der Waals surface area contributed by atoms with E-state index in [4.69, 9.17) is 9.47 Å². The minimum Gasteiger partial charge on any atom is -0.374 e. The minimum atomic E-state index is 0.263. The molecule has 2 atom stereocenters. The number of fused-ring (bicyclic) bond motifs is 1. The van der Waals surface area contributed by atoms with E-state index in [1.807, 2.05) is 0 Å². The van der Waals surface area contributed by atoms with Crippen molar-refractivity contribution in [3.63, 3.8) is 0 Å². The maximum Gasteiger partial charge on any atom is 0.0829 e. The molecule has 0 aliphatic carbocycles. The van der Waals surface area contributed by atoms with E-state index in [2.05, 4.69) is 36.4 Å². The van der Waals surface area contributed by atoms with Crippen LogP contribution in [0.5, 0.6) is 0 Å². The van der Waals surface area contributed by atoms with Crippen LogP contribution in [-0.2, 0) is 9.47 Å². The Kier molecular flexibility index (Phi) is 3.21. The summed E-state index contributed by atoms with van der Waals surface area (Å²) in [4.78, 5) is 0. The van der Waals surface area contributed by atoms with Crippen LogP contribution in [0.1, 0.15) is 49.0 Å². The van der Waals surface area contributed by atoms with Crippen molar-refractivity contribution in [1.29, 1.82) is 0 Å². The Hall–Kier alpha value is -1.38. The average molecular weight is 268 g/mol. The minimum absolute atomic E-state index is 0.263. The first-order valence-electron chi connectivity index (χ1n) is 7.67. The van der Waals surface area contributed by atoms with Gasteiger partial charge in [-0.1, -0.05) is 24.3 Å². The second kappa shape index (κ2) is 5.19. The van der Waals surface area contributed by atoms with E-state index < -0.39 is 0 Å². The first-order chi connectivity index (χ1) is 9.92. The lowest BCUT2D eigenvalue weighted by Crippen LogP contribution is -2.06. The van der Waals surface area contributed by atoms with Crippen LogP contribution in [0.4, 0.5) is 0 Å². The summed E-state index contributed by atoms with van der Waals surface area (Å²) >= 11 is 0. The number of hydrogen-bond acceptors (Lipinski definition) is 2. The molecule has 2 aliphatic heterocycles. The zero-order chi connectivity index (χ0) is 13.4. The Labute approximate surface area is 119 Å². The molecule has 104 valence electrons. The summed E-state index contributed by atoms with van der Waals surface area (Å²) in [5, 5.41) is 2.61. The molecular formula is C18H20O2. The molecule has 0 aromatic heterocycles. The van der Waals surface area contributed by atoms with Crippen LogP contribution in [0.25, 0.3) is 10.8 Å². The van der Waals surface area contributed by atoms with Crippen LogP contribution in [0.2, 0.25) is 0 Å². The quantitative estimate of drug-likeness (QED) is 0.796. The standard InChI is InChI=1S/C18H20O2/c1-2-6-14-12-16(18-8-4-10-20-18)15(11-13(14)5-1)17-7-3-9-19-17/h1-2,5-6,11-12,17-18H,3-4,7-10H2. The van der Waals surface area contributed by atoms with Crippen LogP contribution < -0.4 is 0 Å². The molecule has 2 aliphatic rings. The third-order valence-corrected chi connectivity index (χ3v) is 4.50. The zero-order valence-corrected chi connectivity index (χ0v) is 11.7. The molecule has 2 fully saturated rings. The predicted molar refractivity (Wildman–Crippen MR) is 79.8 cm³/mol. The normalized spacial score (nSPS) is 26.4. The smallest absolute Gasteiger partial charge is 0.0829 e. The fraction of sp³-hybridized carbons (Fsp3) is 0.444. The summed E-state index contributed by atoms with van der Waals surface area (Å²) in [5.41, 5.74) is 2.71. The highest BCUT2D eigenvalue weighted by Crippen LogP contribution is 2.39. The summed E-state index contributed by atoms with van der Waals surface area (Å²) in [6.07, 6.45) is 5.14. The maximum atomic E-state index is 5.93. The molecule has 2 saturated heterocycles. The molecule has 0 bridgehead atoms. The summed E-state index contributed by atoms with van der Waals surface area (Å²) in [5.74, 6) is 0. The molecule has 2 unspecified atom stereocenters. The van der Waals surface area contributed by atoms with E-state index in [1.165, 1.54) is 34.7 Å². The lowest BCUT2D eigenvalue weighted by Gasteiger charge is -2.20. The molecule has 0 radical (unpaired) electrons. The second-order valence-electron chi connectivity index (χ2n) is 5.83. The Morgan fingerprint density at radius 2 is 1.25 bits per heavy atom. The molecule has 4 rings (SSSR count). The molecule has 2 nitrogen and oxygen atoms in total. The summed E-state index contributed by atoms with van der Waals surface area (Å²) in [7, 11) is 0. The van der Waals surface area contributed by atoms with E-state index in [-0.39, 0.29) is 12.2 Å². The molecule has 0 spiro atoms. The van der Waals surface area contributed by atoms with E-state index in [0.717, 1.165) is 26.1 Å². The van der Waals surface area contributed by atoms with Gasteiger partial charge in [-0.15, -0.1) is 0 Å². The Bertz CT molecular complexity index is 553. The van der Waals surface area contributed by atoms with Crippen molar-refractivity contribution in [2.24, 2.45) is 0 Å². The van der Waals surface area contributed by atoms with Crippen molar-refractivity contribution in [1.82, 2.24) is 0 Å². The third kappa shape index (κ3) is 2.13. The van der Waals surface area contributed by atoms with E-state index in [0.29, 0.717) is 0 Å². The lowest BCUT2D eigenvalue weighted by molar-refractivity contribution is 0.0943. The van der Waals surface area contributed by atoms with Gasteiger partial charge in [0.05, 0.1) is 12.2 Å². The van der Waals surface area contributed by atoms with Crippen molar-refractivity contribution in [2.45, 2.75) is 37.9 Å². The molecule has 2 heterocycles. The number of benzene rings is 2. The molecular weight excluding hydrogens is 248 g/mol. The van der Waals surface area contributed by atoms with Crippen LogP contribution >= 0.6 is 0 Å². The Morgan fingerprint density at radius 1 is 0.750 bits per heavy atom. The van der Waals surface area contributed by atoms with Crippen molar-refractivity contribution in [3.8, 4) is 0 Å². The van der Waals surface area contributed by atoms with Crippen LogP contribution in [0.3, 0.4) is 0 Å². The summed E-state index contributed by atoms with van der Waals surface area (Å²) in [6, 6.07) is 13.2. The van der Waals surface area contributed by atoms with Gasteiger partial charge in [-0.3, -0.25) is 0 Å². The lowest BCUT2D eigenvalue weighted by atomic mass is 9.92. The van der Waals surface area contributed by atoms with Gasteiger partial charge in [0.2, 0.25) is 0 Å². The highest BCUT2D eigenvalue weighted by molar-refractivity contribution is 5.84. The van der Waals surface area contributed by atoms with Gasteiger partial charge in [0.1, 0.15) is 0 Å². The molecule has 2 aromatic rings. The van der Waals surface area contributed by atoms with Crippen LogP contribution in [0.15, 0.2) is 36.4 Å².